The number of aliphatic hydroxyl groups is 1. The number of benzene rings is 2. The highest BCUT2D eigenvalue weighted by molar-refractivity contribution is 9.10. The zero-order valence-electron chi connectivity index (χ0n) is 13.4. The van der Waals surface area contributed by atoms with Gasteiger partial charge in [0.15, 0.2) is 0 Å². The second kappa shape index (κ2) is 11.4. The van der Waals surface area contributed by atoms with Crippen LogP contribution in [0, 0.1) is 11.3 Å². The van der Waals surface area contributed by atoms with Gasteiger partial charge < -0.3 is 5.11 Å². The SMILES string of the molecule is Brc1ccccc1.CC(CCCO)c1cc(C#N)ccc1C(=S)S. The zero-order valence-corrected chi connectivity index (χ0v) is 16.7. The molecule has 0 amide bonds. The third-order valence-corrected chi connectivity index (χ3v) is 4.46. The number of halogens is 1. The number of nitrogens with zero attached hydrogens (tertiary/aromatic N) is 1. The molecule has 1 unspecified atom stereocenters. The van der Waals surface area contributed by atoms with E-state index in [1.807, 2.05) is 42.5 Å². The first-order chi connectivity index (χ1) is 11.5. The Bertz CT molecular complexity index is 698. The lowest BCUT2D eigenvalue weighted by Crippen LogP contribution is -2.03. The van der Waals surface area contributed by atoms with Crippen molar-refractivity contribution in [1.29, 1.82) is 5.26 Å². The van der Waals surface area contributed by atoms with Crippen molar-refractivity contribution in [1.82, 2.24) is 0 Å². The Hall–Kier alpha value is -1.19. The Morgan fingerprint density at radius 3 is 2.42 bits per heavy atom. The van der Waals surface area contributed by atoms with Gasteiger partial charge in [0.1, 0.15) is 0 Å². The lowest BCUT2D eigenvalue weighted by molar-refractivity contribution is 0.281. The number of thiocarbonyl (C=S) groups is 1. The minimum Gasteiger partial charge on any atom is -0.396 e. The first-order valence-corrected chi connectivity index (χ1v) is 9.23. The van der Waals surface area contributed by atoms with Gasteiger partial charge in [-0.15, -0.1) is 12.6 Å². The van der Waals surface area contributed by atoms with Crippen molar-refractivity contribution in [2.24, 2.45) is 0 Å². The third kappa shape index (κ3) is 7.14. The Balaban J connectivity index is 0.000000341. The normalized spacial score (nSPS) is 11.0. The summed E-state index contributed by atoms with van der Waals surface area (Å²) in [6, 6.07) is 17.6. The van der Waals surface area contributed by atoms with Crippen molar-refractivity contribution in [3.63, 3.8) is 0 Å². The smallest absolute Gasteiger partial charge is 0.0991 e. The molecule has 0 heterocycles. The molecule has 0 radical (unpaired) electrons. The van der Waals surface area contributed by atoms with Crippen molar-refractivity contribution in [2.45, 2.75) is 25.7 Å². The molecular formula is C19H20BrNOS2. The standard InChI is InChI=1S/C13H15NOS2.C6H5Br/c1-9(3-2-6-15)12-7-10(8-14)4-5-11(12)13(16)17;7-6-4-2-1-3-5-6/h4-5,7,9,15H,2-3,6H2,1H3,(H,16,17);1-5H. The summed E-state index contributed by atoms with van der Waals surface area (Å²) in [5.74, 6) is 0.260. The zero-order chi connectivity index (χ0) is 17.9. The van der Waals surface area contributed by atoms with Crippen molar-refractivity contribution < 1.29 is 5.11 Å². The predicted octanol–water partition coefficient (Wildman–Crippen LogP) is 5.49. The molecule has 0 fully saturated rings. The quantitative estimate of drug-likeness (QED) is 0.495. The maximum absolute atomic E-state index is 8.91. The van der Waals surface area contributed by atoms with Crippen molar-refractivity contribution in [3.05, 3.63) is 69.7 Å². The third-order valence-electron chi connectivity index (χ3n) is 3.47. The van der Waals surface area contributed by atoms with Gasteiger partial charge in [-0.25, -0.2) is 0 Å². The maximum Gasteiger partial charge on any atom is 0.0991 e. The summed E-state index contributed by atoms with van der Waals surface area (Å²) in [5, 5.41) is 17.8. The van der Waals surface area contributed by atoms with Gasteiger partial charge in [0.25, 0.3) is 0 Å². The molecule has 1 atom stereocenters. The molecule has 5 heteroatoms. The molecule has 0 spiro atoms. The van der Waals surface area contributed by atoms with Crippen molar-refractivity contribution in [2.75, 3.05) is 6.61 Å². The van der Waals surface area contributed by atoms with Gasteiger partial charge in [0.2, 0.25) is 0 Å². The van der Waals surface area contributed by atoms with Gasteiger partial charge in [-0.1, -0.05) is 59.3 Å². The maximum atomic E-state index is 8.91. The van der Waals surface area contributed by atoms with Crippen LogP contribution in [-0.2, 0) is 0 Å². The molecular weight excluding hydrogens is 402 g/mol. The molecule has 0 aliphatic rings. The summed E-state index contributed by atoms with van der Waals surface area (Å²) in [6.45, 7) is 2.25. The minimum absolute atomic E-state index is 0.183. The summed E-state index contributed by atoms with van der Waals surface area (Å²) >= 11 is 12.6. The van der Waals surface area contributed by atoms with E-state index in [0.717, 1.165) is 28.4 Å². The summed E-state index contributed by atoms with van der Waals surface area (Å²) in [6.07, 6.45) is 1.62. The molecule has 1 N–H and O–H groups in total. The lowest BCUT2D eigenvalue weighted by atomic mass is 9.91. The fourth-order valence-corrected chi connectivity index (χ4v) is 2.90. The Labute approximate surface area is 163 Å². The Kier molecular flexibility index (Phi) is 9.89. The van der Waals surface area contributed by atoms with E-state index in [-0.39, 0.29) is 12.5 Å². The van der Waals surface area contributed by atoms with Gasteiger partial charge in [-0.05, 0) is 48.6 Å². The number of nitriles is 1. The van der Waals surface area contributed by atoms with Crippen LogP contribution in [0.4, 0.5) is 0 Å². The molecule has 0 aliphatic carbocycles. The molecule has 0 aliphatic heterocycles. The Morgan fingerprint density at radius 1 is 1.29 bits per heavy atom. The molecule has 0 aromatic heterocycles. The van der Waals surface area contributed by atoms with Crippen molar-refractivity contribution >= 4 is 45.0 Å². The molecule has 2 aromatic rings. The molecule has 2 rings (SSSR count). The van der Waals surface area contributed by atoms with E-state index < -0.39 is 0 Å². The summed E-state index contributed by atoms with van der Waals surface area (Å²) < 4.78 is 1.68. The van der Waals surface area contributed by atoms with Gasteiger partial charge in [0, 0.05) is 16.6 Å². The van der Waals surface area contributed by atoms with Crippen LogP contribution in [-0.4, -0.2) is 15.9 Å². The van der Waals surface area contributed by atoms with E-state index >= 15 is 0 Å². The average Bonchev–Trinajstić information content (AvgIpc) is 2.60. The molecule has 2 aromatic carbocycles. The van der Waals surface area contributed by atoms with Crippen LogP contribution in [0.2, 0.25) is 0 Å². The average molecular weight is 422 g/mol. The van der Waals surface area contributed by atoms with Crippen LogP contribution in [0.25, 0.3) is 0 Å². The number of hydrogen-bond donors (Lipinski definition) is 2. The van der Waals surface area contributed by atoms with Crippen LogP contribution in [0.3, 0.4) is 0 Å². The van der Waals surface area contributed by atoms with E-state index in [2.05, 4.69) is 41.6 Å². The molecule has 0 bridgehead atoms. The molecule has 0 saturated heterocycles. The Morgan fingerprint density at radius 2 is 1.96 bits per heavy atom. The van der Waals surface area contributed by atoms with Gasteiger partial charge >= 0.3 is 0 Å². The van der Waals surface area contributed by atoms with Gasteiger partial charge in [-0.3, -0.25) is 0 Å². The van der Waals surface area contributed by atoms with Crippen LogP contribution in [0.15, 0.2) is 53.0 Å². The van der Waals surface area contributed by atoms with Crippen LogP contribution in [0.5, 0.6) is 0 Å². The van der Waals surface area contributed by atoms with Crippen LogP contribution < -0.4 is 0 Å². The summed E-state index contributed by atoms with van der Waals surface area (Å²) in [7, 11) is 0. The van der Waals surface area contributed by atoms with E-state index in [4.69, 9.17) is 22.6 Å². The van der Waals surface area contributed by atoms with E-state index in [9.17, 15) is 0 Å². The number of thiol groups is 1. The topological polar surface area (TPSA) is 44.0 Å². The van der Waals surface area contributed by atoms with E-state index in [0.29, 0.717) is 9.76 Å². The minimum atomic E-state index is 0.183. The highest BCUT2D eigenvalue weighted by Gasteiger charge is 2.13. The summed E-state index contributed by atoms with van der Waals surface area (Å²) in [4.78, 5) is 0. The second-order valence-electron chi connectivity index (χ2n) is 5.28. The largest absolute Gasteiger partial charge is 0.396 e. The predicted molar refractivity (Wildman–Crippen MR) is 111 cm³/mol. The van der Waals surface area contributed by atoms with E-state index in [1.165, 1.54) is 0 Å². The highest BCUT2D eigenvalue weighted by atomic mass is 79.9. The molecule has 24 heavy (non-hydrogen) atoms. The summed E-state index contributed by atoms with van der Waals surface area (Å²) in [5.41, 5.74) is 2.58. The number of aliphatic hydroxyl groups excluding tert-OH is 1. The molecule has 126 valence electrons. The first kappa shape index (κ1) is 20.9. The van der Waals surface area contributed by atoms with Crippen molar-refractivity contribution in [3.8, 4) is 6.07 Å². The number of rotatable bonds is 5. The fraction of sp³-hybridized carbons (Fsp3) is 0.263. The van der Waals surface area contributed by atoms with Crippen LogP contribution in [0.1, 0.15) is 42.4 Å². The number of hydrogen-bond acceptors (Lipinski definition) is 3. The fourth-order valence-electron chi connectivity index (χ4n) is 2.20. The highest BCUT2D eigenvalue weighted by Crippen LogP contribution is 2.26. The van der Waals surface area contributed by atoms with Gasteiger partial charge in [0.05, 0.1) is 15.8 Å². The molecule has 2 nitrogen and oxygen atoms in total. The first-order valence-electron chi connectivity index (χ1n) is 7.58. The van der Waals surface area contributed by atoms with Crippen LogP contribution >= 0.6 is 40.8 Å². The van der Waals surface area contributed by atoms with Gasteiger partial charge in [-0.2, -0.15) is 5.26 Å². The second-order valence-corrected chi connectivity index (χ2v) is 7.36. The lowest BCUT2D eigenvalue weighted by Gasteiger charge is -2.15. The molecule has 0 saturated carbocycles. The monoisotopic (exact) mass is 421 g/mol. The van der Waals surface area contributed by atoms with E-state index in [1.54, 1.807) is 6.07 Å².